The maximum Gasteiger partial charge on any atom is 0.261 e. The van der Waals surface area contributed by atoms with Crippen molar-refractivity contribution in [1.29, 1.82) is 0 Å². The molecule has 1 aliphatic rings. The zero-order valence-corrected chi connectivity index (χ0v) is 18.1. The Morgan fingerprint density at radius 1 is 1.00 bits per heavy atom. The largest absolute Gasteiger partial charge is 0.338 e. The lowest BCUT2D eigenvalue weighted by Gasteiger charge is -2.29. The van der Waals surface area contributed by atoms with Crippen molar-refractivity contribution in [1.82, 2.24) is 4.90 Å². The normalized spacial score (nSPS) is 13.5. The van der Waals surface area contributed by atoms with Crippen LogP contribution in [0, 0.1) is 0 Å². The number of nitrogens with zero attached hydrogens (tertiary/aromatic N) is 1. The fourth-order valence-electron chi connectivity index (χ4n) is 3.44. The van der Waals surface area contributed by atoms with Crippen molar-refractivity contribution >= 4 is 33.2 Å². The molecule has 0 saturated heterocycles. The van der Waals surface area contributed by atoms with Crippen LogP contribution in [0.5, 0.6) is 0 Å². The summed E-state index contributed by atoms with van der Waals surface area (Å²) < 4.78 is 28.1. The third-order valence-corrected chi connectivity index (χ3v) is 6.45. The van der Waals surface area contributed by atoms with Gasteiger partial charge in [0.25, 0.3) is 10.0 Å². The SMILES string of the molecule is CCCC(=O)Nc1ccc(S(=O)(=O)Nc2ccc3c(c2)CN(C(=O)CC)CC3)cc1. The van der Waals surface area contributed by atoms with E-state index in [2.05, 4.69) is 10.0 Å². The van der Waals surface area contributed by atoms with E-state index in [0.29, 0.717) is 37.3 Å². The highest BCUT2D eigenvalue weighted by molar-refractivity contribution is 7.92. The monoisotopic (exact) mass is 429 g/mol. The van der Waals surface area contributed by atoms with Gasteiger partial charge in [0.2, 0.25) is 11.8 Å². The maximum atomic E-state index is 12.8. The molecule has 0 saturated carbocycles. The standard InChI is InChI=1S/C22H27N3O4S/c1-3-5-21(26)23-18-8-10-20(11-9-18)30(28,29)24-19-7-6-16-12-13-25(22(27)4-2)15-17(16)14-19/h6-11,14,24H,3-5,12-13,15H2,1-2H3,(H,23,26). The van der Waals surface area contributed by atoms with Gasteiger partial charge in [-0.2, -0.15) is 0 Å². The number of fused-ring (bicyclic) bond motifs is 1. The van der Waals surface area contributed by atoms with E-state index in [1.165, 1.54) is 12.1 Å². The second-order valence-corrected chi connectivity index (χ2v) is 9.01. The third kappa shape index (κ3) is 5.18. The molecule has 30 heavy (non-hydrogen) atoms. The fourth-order valence-corrected chi connectivity index (χ4v) is 4.49. The minimum Gasteiger partial charge on any atom is -0.338 e. The molecular formula is C22H27N3O4S. The van der Waals surface area contributed by atoms with Crippen LogP contribution in [-0.4, -0.2) is 31.7 Å². The molecule has 0 fully saturated rings. The lowest BCUT2D eigenvalue weighted by Crippen LogP contribution is -2.35. The summed E-state index contributed by atoms with van der Waals surface area (Å²) in [4.78, 5) is 25.6. The lowest BCUT2D eigenvalue weighted by molar-refractivity contribution is -0.131. The molecule has 1 aliphatic heterocycles. The van der Waals surface area contributed by atoms with Gasteiger partial charge in [0.1, 0.15) is 0 Å². The van der Waals surface area contributed by atoms with E-state index in [1.807, 2.05) is 19.9 Å². The minimum absolute atomic E-state index is 0.0951. The topological polar surface area (TPSA) is 95.6 Å². The molecule has 2 aromatic rings. The quantitative estimate of drug-likeness (QED) is 0.704. The van der Waals surface area contributed by atoms with Crippen molar-refractivity contribution in [3.05, 3.63) is 53.6 Å². The number of carbonyl (C=O) groups is 2. The molecule has 8 heteroatoms. The summed E-state index contributed by atoms with van der Waals surface area (Å²) in [7, 11) is -3.77. The van der Waals surface area contributed by atoms with E-state index < -0.39 is 10.0 Å². The second-order valence-electron chi connectivity index (χ2n) is 7.33. The highest BCUT2D eigenvalue weighted by Crippen LogP contribution is 2.25. The molecule has 3 rings (SSSR count). The number of hydrogen-bond acceptors (Lipinski definition) is 4. The van der Waals surface area contributed by atoms with Crippen molar-refractivity contribution in [3.63, 3.8) is 0 Å². The summed E-state index contributed by atoms with van der Waals surface area (Å²) >= 11 is 0. The summed E-state index contributed by atoms with van der Waals surface area (Å²) in [6, 6.07) is 11.5. The Labute approximate surface area is 177 Å². The smallest absolute Gasteiger partial charge is 0.261 e. The summed E-state index contributed by atoms with van der Waals surface area (Å²) in [5.41, 5.74) is 3.10. The van der Waals surface area contributed by atoms with Crippen LogP contribution in [0.1, 0.15) is 44.2 Å². The van der Waals surface area contributed by atoms with Crippen LogP contribution in [-0.2, 0) is 32.6 Å². The molecule has 0 bridgehead atoms. The molecule has 2 N–H and O–H groups in total. The zero-order valence-electron chi connectivity index (χ0n) is 17.3. The summed E-state index contributed by atoms with van der Waals surface area (Å²) in [5, 5.41) is 2.74. The first-order valence-corrected chi connectivity index (χ1v) is 11.6. The van der Waals surface area contributed by atoms with E-state index in [1.54, 1.807) is 29.2 Å². The van der Waals surface area contributed by atoms with Gasteiger partial charge < -0.3 is 10.2 Å². The Morgan fingerprint density at radius 3 is 2.37 bits per heavy atom. The van der Waals surface area contributed by atoms with Crippen LogP contribution < -0.4 is 10.0 Å². The third-order valence-electron chi connectivity index (χ3n) is 5.05. The van der Waals surface area contributed by atoms with Gasteiger partial charge in [0.05, 0.1) is 4.90 Å². The van der Waals surface area contributed by atoms with Crippen molar-refractivity contribution in [2.24, 2.45) is 0 Å². The van der Waals surface area contributed by atoms with Gasteiger partial charge in [0.15, 0.2) is 0 Å². The molecule has 2 aromatic carbocycles. The summed E-state index contributed by atoms with van der Waals surface area (Å²) in [6.45, 7) is 4.93. The van der Waals surface area contributed by atoms with Gasteiger partial charge in [-0.25, -0.2) is 8.42 Å². The van der Waals surface area contributed by atoms with Crippen LogP contribution in [0.3, 0.4) is 0 Å². The molecule has 0 spiro atoms. The zero-order chi connectivity index (χ0) is 21.7. The fraction of sp³-hybridized carbons (Fsp3) is 0.364. The Balaban J connectivity index is 1.73. The molecule has 0 atom stereocenters. The maximum absolute atomic E-state index is 12.8. The van der Waals surface area contributed by atoms with Crippen LogP contribution in [0.2, 0.25) is 0 Å². The molecule has 1 heterocycles. The molecule has 2 amide bonds. The number of carbonyl (C=O) groups excluding carboxylic acids is 2. The number of amides is 2. The highest BCUT2D eigenvalue weighted by Gasteiger charge is 2.21. The molecule has 7 nitrogen and oxygen atoms in total. The van der Waals surface area contributed by atoms with E-state index in [-0.39, 0.29) is 16.7 Å². The predicted octanol–water partition coefficient (Wildman–Crippen LogP) is 3.52. The van der Waals surface area contributed by atoms with Crippen molar-refractivity contribution in [2.75, 3.05) is 16.6 Å². The van der Waals surface area contributed by atoms with E-state index >= 15 is 0 Å². The number of benzene rings is 2. The Bertz CT molecular complexity index is 1030. The average Bonchev–Trinajstić information content (AvgIpc) is 2.73. The van der Waals surface area contributed by atoms with Gasteiger partial charge in [-0.15, -0.1) is 0 Å². The Morgan fingerprint density at radius 2 is 1.70 bits per heavy atom. The number of sulfonamides is 1. The number of anilines is 2. The molecule has 0 aromatic heterocycles. The van der Waals surface area contributed by atoms with Gasteiger partial charge in [-0.1, -0.05) is 19.9 Å². The number of nitrogens with one attached hydrogen (secondary N) is 2. The Kier molecular flexibility index (Phi) is 6.77. The predicted molar refractivity (Wildman–Crippen MR) is 117 cm³/mol. The van der Waals surface area contributed by atoms with Gasteiger partial charge >= 0.3 is 0 Å². The molecule has 160 valence electrons. The lowest BCUT2D eigenvalue weighted by atomic mass is 9.99. The second kappa shape index (κ2) is 9.30. The summed E-state index contributed by atoms with van der Waals surface area (Å²) in [5.74, 6) is -0.00589. The van der Waals surface area contributed by atoms with Gasteiger partial charge in [-0.05, 0) is 60.4 Å². The summed E-state index contributed by atoms with van der Waals surface area (Å²) in [6.07, 6.45) is 2.38. The van der Waals surface area contributed by atoms with Crippen LogP contribution >= 0.6 is 0 Å². The van der Waals surface area contributed by atoms with E-state index in [9.17, 15) is 18.0 Å². The van der Waals surface area contributed by atoms with Crippen molar-refractivity contribution < 1.29 is 18.0 Å². The molecular weight excluding hydrogens is 402 g/mol. The Hall–Kier alpha value is -2.87. The average molecular weight is 430 g/mol. The van der Waals surface area contributed by atoms with Gasteiger partial charge in [-0.3, -0.25) is 14.3 Å². The van der Waals surface area contributed by atoms with E-state index in [0.717, 1.165) is 24.0 Å². The van der Waals surface area contributed by atoms with E-state index in [4.69, 9.17) is 0 Å². The minimum atomic E-state index is -3.77. The highest BCUT2D eigenvalue weighted by atomic mass is 32.2. The van der Waals surface area contributed by atoms with Crippen molar-refractivity contribution in [3.8, 4) is 0 Å². The molecule has 0 radical (unpaired) electrons. The van der Waals surface area contributed by atoms with Crippen LogP contribution in [0.25, 0.3) is 0 Å². The molecule has 0 unspecified atom stereocenters. The van der Waals surface area contributed by atoms with Crippen LogP contribution in [0.15, 0.2) is 47.4 Å². The number of hydrogen-bond donors (Lipinski definition) is 2. The van der Waals surface area contributed by atoms with Crippen LogP contribution in [0.4, 0.5) is 11.4 Å². The number of rotatable bonds is 7. The first-order chi connectivity index (χ1) is 14.3. The first kappa shape index (κ1) is 21.8. The van der Waals surface area contributed by atoms with Crippen molar-refractivity contribution in [2.45, 2.75) is 51.0 Å². The molecule has 0 aliphatic carbocycles. The van der Waals surface area contributed by atoms with Gasteiger partial charge in [0, 0.05) is 37.3 Å². The first-order valence-electron chi connectivity index (χ1n) is 10.1.